The van der Waals surface area contributed by atoms with E-state index in [-0.39, 0.29) is 12.5 Å². The van der Waals surface area contributed by atoms with Gasteiger partial charge in [-0.25, -0.2) is 0 Å². The average molecular weight is 312 g/mol. The molecule has 0 heterocycles. The van der Waals surface area contributed by atoms with Gasteiger partial charge in [-0.3, -0.25) is 4.18 Å². The molecular formula is C16H24O4S. The van der Waals surface area contributed by atoms with Crippen LogP contribution in [-0.2, 0) is 20.7 Å². The van der Waals surface area contributed by atoms with Gasteiger partial charge in [-0.2, -0.15) is 8.42 Å². The Bertz CT molecular complexity index is 547. The van der Waals surface area contributed by atoms with Crippen LogP contribution < -0.4 is 0 Å². The topological polar surface area (TPSA) is 63.6 Å². The molecule has 0 bridgehead atoms. The summed E-state index contributed by atoms with van der Waals surface area (Å²) in [4.78, 5) is 0. The Kier molecular flexibility index (Phi) is 5.07. The predicted octanol–water partition coefficient (Wildman–Crippen LogP) is 2.66. The molecule has 1 N–H and O–H groups in total. The minimum absolute atomic E-state index is 0.273. The molecule has 0 spiro atoms. The minimum Gasteiger partial charge on any atom is -0.393 e. The third-order valence-corrected chi connectivity index (χ3v) is 6.15. The first kappa shape index (κ1) is 16.5. The first-order valence-corrected chi connectivity index (χ1v) is 8.90. The Balaban J connectivity index is 1.89. The Morgan fingerprint density at radius 1 is 1.24 bits per heavy atom. The van der Waals surface area contributed by atoms with E-state index in [1.54, 1.807) is 13.8 Å². The highest BCUT2D eigenvalue weighted by molar-refractivity contribution is 7.88. The minimum atomic E-state index is -3.59. The van der Waals surface area contributed by atoms with Crippen molar-refractivity contribution in [3.05, 3.63) is 35.9 Å². The fourth-order valence-electron chi connectivity index (χ4n) is 2.56. The first-order valence-electron chi connectivity index (χ1n) is 7.49. The Morgan fingerprint density at radius 3 is 2.38 bits per heavy atom. The fourth-order valence-corrected chi connectivity index (χ4v) is 4.27. The van der Waals surface area contributed by atoms with Gasteiger partial charge in [0.25, 0.3) is 10.1 Å². The average Bonchev–Trinajstić information content (AvgIpc) is 3.17. The molecule has 1 aliphatic rings. The van der Waals surface area contributed by atoms with E-state index in [0.717, 1.165) is 12.0 Å². The second-order valence-corrected chi connectivity index (χ2v) is 8.13. The summed E-state index contributed by atoms with van der Waals surface area (Å²) >= 11 is 0. The van der Waals surface area contributed by atoms with E-state index in [9.17, 15) is 13.5 Å². The van der Waals surface area contributed by atoms with Crippen LogP contribution in [0.15, 0.2) is 30.3 Å². The van der Waals surface area contributed by atoms with Crippen LogP contribution in [0, 0.1) is 0 Å². The molecule has 0 unspecified atom stereocenters. The standard InChI is InChI=1S/C16H24O4S/c1-13(2)20-21(18,19)16(10-11-16)12-15(17)9-8-14-6-4-3-5-7-14/h3-7,13,15,17H,8-12H2,1-2H3/t15-/m0/s1. The molecule has 0 aromatic heterocycles. The van der Waals surface area contributed by atoms with Crippen LogP contribution in [0.5, 0.6) is 0 Å². The van der Waals surface area contributed by atoms with Crippen molar-refractivity contribution in [2.45, 2.75) is 62.9 Å². The lowest BCUT2D eigenvalue weighted by atomic mass is 10.0. The maximum Gasteiger partial charge on any atom is 0.273 e. The summed E-state index contributed by atoms with van der Waals surface area (Å²) in [6, 6.07) is 9.90. The van der Waals surface area contributed by atoms with Gasteiger partial charge in [0.05, 0.1) is 12.2 Å². The van der Waals surface area contributed by atoms with E-state index >= 15 is 0 Å². The number of benzene rings is 1. The Morgan fingerprint density at radius 2 is 1.86 bits per heavy atom. The van der Waals surface area contributed by atoms with Gasteiger partial charge in [-0.05, 0) is 51.5 Å². The highest BCUT2D eigenvalue weighted by Crippen LogP contribution is 2.48. The molecular weight excluding hydrogens is 288 g/mol. The number of aliphatic hydroxyl groups excluding tert-OH is 1. The molecule has 1 saturated carbocycles. The molecule has 21 heavy (non-hydrogen) atoms. The number of hydrogen-bond donors (Lipinski definition) is 1. The molecule has 1 aliphatic carbocycles. The van der Waals surface area contributed by atoms with Gasteiger partial charge >= 0.3 is 0 Å². The molecule has 2 rings (SSSR count). The molecule has 1 fully saturated rings. The lowest BCUT2D eigenvalue weighted by molar-refractivity contribution is 0.146. The van der Waals surface area contributed by atoms with Gasteiger partial charge in [-0.1, -0.05) is 30.3 Å². The Labute approximate surface area is 127 Å². The number of aliphatic hydroxyl groups is 1. The van der Waals surface area contributed by atoms with Crippen LogP contribution in [0.25, 0.3) is 0 Å². The van der Waals surface area contributed by atoms with Crippen molar-refractivity contribution in [3.63, 3.8) is 0 Å². The Hall–Kier alpha value is -0.910. The molecule has 0 radical (unpaired) electrons. The molecule has 0 saturated heterocycles. The quantitative estimate of drug-likeness (QED) is 0.750. The summed E-state index contributed by atoms with van der Waals surface area (Å²) in [5.74, 6) is 0. The van der Waals surface area contributed by atoms with Gasteiger partial charge in [0.15, 0.2) is 0 Å². The van der Waals surface area contributed by atoms with Crippen molar-refractivity contribution in [2.24, 2.45) is 0 Å². The second kappa shape index (κ2) is 6.46. The van der Waals surface area contributed by atoms with E-state index in [2.05, 4.69) is 0 Å². The summed E-state index contributed by atoms with van der Waals surface area (Å²) in [6.45, 7) is 3.42. The van der Waals surface area contributed by atoms with Crippen molar-refractivity contribution in [2.75, 3.05) is 0 Å². The molecule has 118 valence electrons. The fraction of sp³-hybridized carbons (Fsp3) is 0.625. The lowest BCUT2D eigenvalue weighted by Crippen LogP contribution is -2.31. The van der Waals surface area contributed by atoms with Crippen LogP contribution in [0.3, 0.4) is 0 Å². The molecule has 4 nitrogen and oxygen atoms in total. The number of rotatable bonds is 8. The van der Waals surface area contributed by atoms with Crippen molar-refractivity contribution in [3.8, 4) is 0 Å². The zero-order valence-electron chi connectivity index (χ0n) is 12.7. The normalized spacial score (nSPS) is 18.7. The van der Waals surface area contributed by atoms with Gasteiger partial charge in [0.1, 0.15) is 4.75 Å². The van der Waals surface area contributed by atoms with Crippen LogP contribution in [0.2, 0.25) is 0 Å². The van der Waals surface area contributed by atoms with Gasteiger partial charge < -0.3 is 5.11 Å². The van der Waals surface area contributed by atoms with Gasteiger partial charge in [-0.15, -0.1) is 0 Å². The maximum atomic E-state index is 12.2. The SMILES string of the molecule is CC(C)OS(=O)(=O)C1(C[C@@H](O)CCc2ccccc2)CC1. The van der Waals surface area contributed by atoms with Crippen molar-refractivity contribution in [1.82, 2.24) is 0 Å². The third kappa shape index (κ3) is 4.28. The largest absolute Gasteiger partial charge is 0.393 e. The molecule has 0 amide bonds. The number of hydrogen-bond acceptors (Lipinski definition) is 4. The monoisotopic (exact) mass is 312 g/mol. The van der Waals surface area contributed by atoms with Crippen molar-refractivity contribution in [1.29, 1.82) is 0 Å². The van der Waals surface area contributed by atoms with E-state index < -0.39 is 21.0 Å². The maximum absolute atomic E-state index is 12.2. The highest BCUT2D eigenvalue weighted by Gasteiger charge is 2.56. The summed E-state index contributed by atoms with van der Waals surface area (Å²) in [6.07, 6.45) is 1.81. The van der Waals surface area contributed by atoms with E-state index in [1.807, 2.05) is 30.3 Å². The van der Waals surface area contributed by atoms with Crippen LogP contribution in [0.4, 0.5) is 0 Å². The van der Waals surface area contributed by atoms with E-state index in [4.69, 9.17) is 4.18 Å². The molecule has 1 aromatic rings. The summed E-state index contributed by atoms with van der Waals surface area (Å²) in [7, 11) is -3.59. The second-order valence-electron chi connectivity index (χ2n) is 6.16. The number of aryl methyl sites for hydroxylation is 1. The molecule has 1 atom stereocenters. The van der Waals surface area contributed by atoms with Crippen molar-refractivity contribution < 1.29 is 17.7 Å². The predicted molar refractivity (Wildman–Crippen MR) is 82.5 cm³/mol. The van der Waals surface area contributed by atoms with Crippen molar-refractivity contribution >= 4 is 10.1 Å². The lowest BCUT2D eigenvalue weighted by Gasteiger charge is -2.20. The smallest absolute Gasteiger partial charge is 0.273 e. The molecule has 0 aliphatic heterocycles. The zero-order valence-corrected chi connectivity index (χ0v) is 13.5. The van der Waals surface area contributed by atoms with Gasteiger partial charge in [0, 0.05) is 0 Å². The summed E-state index contributed by atoms with van der Waals surface area (Å²) < 4.78 is 28.6. The molecule has 5 heteroatoms. The van der Waals surface area contributed by atoms with Crippen LogP contribution in [-0.4, -0.2) is 30.5 Å². The van der Waals surface area contributed by atoms with Crippen LogP contribution >= 0.6 is 0 Å². The third-order valence-electron chi connectivity index (χ3n) is 3.87. The first-order chi connectivity index (χ1) is 9.85. The van der Waals surface area contributed by atoms with E-state index in [0.29, 0.717) is 19.3 Å². The summed E-state index contributed by atoms with van der Waals surface area (Å²) in [5, 5.41) is 10.2. The highest BCUT2D eigenvalue weighted by atomic mass is 32.2. The summed E-state index contributed by atoms with van der Waals surface area (Å²) in [5.41, 5.74) is 1.16. The van der Waals surface area contributed by atoms with Crippen LogP contribution in [0.1, 0.15) is 45.1 Å². The zero-order chi connectivity index (χ0) is 15.5. The van der Waals surface area contributed by atoms with E-state index in [1.165, 1.54) is 0 Å². The molecule has 1 aromatic carbocycles. The van der Waals surface area contributed by atoms with Gasteiger partial charge in [0.2, 0.25) is 0 Å².